The fraction of sp³-hybridized carbons (Fsp3) is 0.211. The van der Waals surface area contributed by atoms with E-state index in [1.165, 1.54) is 0 Å². The van der Waals surface area contributed by atoms with Crippen molar-refractivity contribution in [2.24, 2.45) is 5.73 Å². The lowest BCUT2D eigenvalue weighted by molar-refractivity contribution is -0.114. The molecule has 26 heavy (non-hydrogen) atoms. The number of nitrogens with two attached hydrogens (primary N) is 1. The molecule has 7 nitrogen and oxygen atoms in total. The van der Waals surface area contributed by atoms with E-state index in [9.17, 15) is 14.4 Å². The normalized spacial score (nSPS) is 10.0. The second-order valence-corrected chi connectivity index (χ2v) is 5.52. The van der Waals surface area contributed by atoms with E-state index in [2.05, 4.69) is 10.6 Å². The van der Waals surface area contributed by atoms with Crippen LogP contribution in [0.3, 0.4) is 0 Å². The van der Waals surface area contributed by atoms with Gasteiger partial charge in [-0.1, -0.05) is 19.1 Å². The highest BCUT2D eigenvalue weighted by atomic mass is 16.5. The zero-order valence-corrected chi connectivity index (χ0v) is 14.5. The molecule has 0 radical (unpaired) electrons. The Labute approximate surface area is 151 Å². The van der Waals surface area contributed by atoms with Gasteiger partial charge < -0.3 is 21.1 Å². The Morgan fingerprint density at radius 1 is 1.04 bits per heavy atom. The summed E-state index contributed by atoms with van der Waals surface area (Å²) in [5, 5.41) is 5.58. The number of hydrogen-bond acceptors (Lipinski definition) is 5. The van der Waals surface area contributed by atoms with Gasteiger partial charge >= 0.3 is 5.97 Å². The minimum atomic E-state index is -0.612. The first-order chi connectivity index (χ1) is 12.5. The number of rotatable bonds is 8. The highest BCUT2D eigenvalue weighted by Crippen LogP contribution is 2.14. The molecule has 2 amide bonds. The van der Waals surface area contributed by atoms with Crippen molar-refractivity contribution in [1.29, 1.82) is 0 Å². The average molecular weight is 355 g/mol. The Balaban J connectivity index is 1.90. The second kappa shape index (κ2) is 9.22. The highest BCUT2D eigenvalue weighted by molar-refractivity contribution is 6.03. The Morgan fingerprint density at radius 2 is 1.73 bits per heavy atom. The van der Waals surface area contributed by atoms with Crippen LogP contribution in [0.1, 0.15) is 34.1 Å². The summed E-state index contributed by atoms with van der Waals surface area (Å²) in [6, 6.07) is 13.1. The van der Waals surface area contributed by atoms with Gasteiger partial charge in [0.1, 0.15) is 0 Å². The Bertz CT molecular complexity index is 788. The van der Waals surface area contributed by atoms with E-state index in [0.29, 0.717) is 23.5 Å². The number of ether oxygens (including phenoxy) is 1. The van der Waals surface area contributed by atoms with Crippen LogP contribution >= 0.6 is 0 Å². The number of nitrogens with one attached hydrogen (secondary N) is 2. The van der Waals surface area contributed by atoms with Crippen LogP contribution < -0.4 is 16.4 Å². The number of para-hydroxylation sites is 1. The lowest BCUT2D eigenvalue weighted by Gasteiger charge is -2.10. The monoisotopic (exact) mass is 355 g/mol. The fourth-order valence-corrected chi connectivity index (χ4v) is 2.19. The van der Waals surface area contributed by atoms with Crippen LogP contribution in [0.5, 0.6) is 0 Å². The maximum Gasteiger partial charge on any atom is 0.338 e. The number of carbonyl (C=O) groups is 3. The largest absolute Gasteiger partial charge is 0.462 e. The van der Waals surface area contributed by atoms with Crippen LogP contribution in [0.4, 0.5) is 11.4 Å². The minimum absolute atomic E-state index is 0.00722. The summed E-state index contributed by atoms with van der Waals surface area (Å²) in [4.78, 5) is 35.1. The van der Waals surface area contributed by atoms with Crippen LogP contribution in [0.25, 0.3) is 0 Å². The van der Waals surface area contributed by atoms with Crippen molar-refractivity contribution < 1.29 is 19.1 Å². The Morgan fingerprint density at radius 3 is 2.38 bits per heavy atom. The average Bonchev–Trinajstić information content (AvgIpc) is 2.65. The molecule has 0 aliphatic rings. The van der Waals surface area contributed by atoms with Crippen molar-refractivity contribution in [3.63, 3.8) is 0 Å². The number of carbonyl (C=O) groups excluding carboxylic acids is 3. The molecule has 0 saturated heterocycles. The maximum absolute atomic E-state index is 12.1. The molecule has 0 aromatic heterocycles. The second-order valence-electron chi connectivity index (χ2n) is 5.52. The van der Waals surface area contributed by atoms with Gasteiger partial charge in [-0.2, -0.15) is 0 Å². The number of anilines is 2. The van der Waals surface area contributed by atoms with Crippen molar-refractivity contribution in [3.8, 4) is 0 Å². The number of hydrogen-bond donors (Lipinski definition) is 3. The van der Waals surface area contributed by atoms with Gasteiger partial charge in [0, 0.05) is 5.69 Å². The zero-order chi connectivity index (χ0) is 18.9. The quantitative estimate of drug-likeness (QED) is 0.630. The van der Waals surface area contributed by atoms with Crippen LogP contribution in [0.15, 0.2) is 48.5 Å². The minimum Gasteiger partial charge on any atom is -0.462 e. The van der Waals surface area contributed by atoms with Gasteiger partial charge in [-0.05, 0) is 42.8 Å². The Hall–Kier alpha value is -3.35. The lowest BCUT2D eigenvalue weighted by Crippen LogP contribution is -2.24. The number of esters is 1. The van der Waals surface area contributed by atoms with E-state index in [1.807, 2.05) is 6.92 Å². The van der Waals surface area contributed by atoms with Crippen LogP contribution in [0.2, 0.25) is 0 Å². The zero-order valence-electron chi connectivity index (χ0n) is 14.5. The van der Waals surface area contributed by atoms with Gasteiger partial charge in [-0.3, -0.25) is 9.59 Å². The predicted octanol–water partition coefficient (Wildman–Crippen LogP) is 2.40. The van der Waals surface area contributed by atoms with Gasteiger partial charge in [0.05, 0.1) is 30.0 Å². The molecule has 4 N–H and O–H groups in total. The molecule has 0 aliphatic heterocycles. The third-order valence-corrected chi connectivity index (χ3v) is 3.48. The molecule has 0 aliphatic carbocycles. The fourth-order valence-electron chi connectivity index (χ4n) is 2.19. The molecule has 136 valence electrons. The summed E-state index contributed by atoms with van der Waals surface area (Å²) in [6.45, 7) is 2.30. The smallest absolute Gasteiger partial charge is 0.338 e. The number of primary amides is 1. The summed E-state index contributed by atoms with van der Waals surface area (Å²) < 4.78 is 5.05. The van der Waals surface area contributed by atoms with Crippen LogP contribution in [-0.2, 0) is 9.53 Å². The summed E-state index contributed by atoms with van der Waals surface area (Å²) in [6.07, 6.45) is 0.763. The SMILES string of the molecule is CCCOC(=O)c1ccc(NCC(=O)Nc2ccccc2C(N)=O)cc1. The van der Waals surface area contributed by atoms with Crippen molar-refractivity contribution in [2.75, 3.05) is 23.8 Å². The van der Waals surface area contributed by atoms with Gasteiger partial charge in [-0.25, -0.2) is 4.79 Å². The van der Waals surface area contributed by atoms with E-state index >= 15 is 0 Å². The number of benzene rings is 2. The van der Waals surface area contributed by atoms with Crippen molar-refractivity contribution in [1.82, 2.24) is 0 Å². The third kappa shape index (κ3) is 5.34. The summed E-state index contributed by atoms with van der Waals surface area (Å²) in [5.41, 5.74) is 7.01. The topological polar surface area (TPSA) is 111 Å². The maximum atomic E-state index is 12.1. The van der Waals surface area contributed by atoms with Gasteiger partial charge in [0.15, 0.2) is 0 Å². The summed E-state index contributed by atoms with van der Waals surface area (Å²) >= 11 is 0. The highest BCUT2D eigenvalue weighted by Gasteiger charge is 2.10. The van der Waals surface area contributed by atoms with Crippen LogP contribution in [0, 0.1) is 0 Å². The first-order valence-electron chi connectivity index (χ1n) is 8.21. The molecule has 2 aromatic rings. The molecular formula is C19H21N3O4. The molecular weight excluding hydrogens is 334 g/mol. The molecule has 0 bridgehead atoms. The molecule has 0 atom stereocenters. The molecule has 0 heterocycles. The predicted molar refractivity (Wildman–Crippen MR) is 99.1 cm³/mol. The first kappa shape index (κ1) is 19.0. The van der Waals surface area contributed by atoms with Crippen molar-refractivity contribution >= 4 is 29.2 Å². The van der Waals surface area contributed by atoms with Crippen LogP contribution in [-0.4, -0.2) is 30.9 Å². The van der Waals surface area contributed by atoms with E-state index in [1.54, 1.807) is 48.5 Å². The molecule has 2 aromatic carbocycles. The number of amides is 2. The van der Waals surface area contributed by atoms with Crippen molar-refractivity contribution in [3.05, 3.63) is 59.7 Å². The standard InChI is InChI=1S/C19H21N3O4/c1-2-11-26-19(25)13-7-9-14(10-8-13)21-12-17(23)22-16-6-4-3-5-15(16)18(20)24/h3-10,21H,2,11-12H2,1H3,(H2,20,24)(H,22,23). The molecule has 0 fully saturated rings. The van der Waals surface area contributed by atoms with E-state index in [0.717, 1.165) is 6.42 Å². The first-order valence-corrected chi connectivity index (χ1v) is 8.21. The van der Waals surface area contributed by atoms with Gasteiger partial charge in [0.2, 0.25) is 5.91 Å². The Kier molecular flexibility index (Phi) is 6.73. The molecule has 2 rings (SSSR count). The molecule has 0 saturated carbocycles. The van der Waals surface area contributed by atoms with Gasteiger partial charge in [-0.15, -0.1) is 0 Å². The van der Waals surface area contributed by atoms with Crippen molar-refractivity contribution in [2.45, 2.75) is 13.3 Å². The summed E-state index contributed by atoms with van der Waals surface area (Å²) in [5.74, 6) is -1.32. The molecule has 7 heteroatoms. The van der Waals surface area contributed by atoms with Gasteiger partial charge in [0.25, 0.3) is 5.91 Å². The molecule has 0 unspecified atom stereocenters. The molecule has 0 spiro atoms. The van der Waals surface area contributed by atoms with E-state index < -0.39 is 5.91 Å². The lowest BCUT2D eigenvalue weighted by atomic mass is 10.1. The van der Waals surface area contributed by atoms with E-state index in [-0.39, 0.29) is 24.0 Å². The third-order valence-electron chi connectivity index (χ3n) is 3.48. The summed E-state index contributed by atoms with van der Waals surface area (Å²) in [7, 11) is 0. The van der Waals surface area contributed by atoms with E-state index in [4.69, 9.17) is 10.5 Å².